The van der Waals surface area contributed by atoms with Crippen LogP contribution in [-0.2, 0) is 0 Å². The third-order valence-electron chi connectivity index (χ3n) is 1.85. The number of benzene rings is 1. The van der Waals surface area contributed by atoms with E-state index in [1.54, 1.807) is 0 Å². The fraction of sp³-hybridized carbons (Fsp3) is 0.300. The third-order valence-corrected chi connectivity index (χ3v) is 1.85. The second kappa shape index (κ2) is 4.23. The van der Waals surface area contributed by atoms with E-state index in [1.165, 1.54) is 25.3 Å². The van der Waals surface area contributed by atoms with Crippen molar-refractivity contribution >= 4 is 0 Å². The highest BCUT2D eigenvalue weighted by Crippen LogP contribution is 2.26. The minimum atomic E-state index is -0.356. The van der Waals surface area contributed by atoms with Crippen molar-refractivity contribution in [2.24, 2.45) is 0 Å². The molecule has 0 aliphatic heterocycles. The van der Waals surface area contributed by atoms with Crippen molar-refractivity contribution in [1.82, 2.24) is 0 Å². The van der Waals surface area contributed by atoms with Gasteiger partial charge in [-0.15, -0.1) is 0 Å². The SMILES string of the molecule is [CH2]C(CO)c1cc(F)ccc1OC. The number of rotatable bonds is 3. The fourth-order valence-corrected chi connectivity index (χ4v) is 1.12. The molecule has 1 radical (unpaired) electrons. The topological polar surface area (TPSA) is 29.5 Å². The van der Waals surface area contributed by atoms with E-state index < -0.39 is 0 Å². The summed E-state index contributed by atoms with van der Waals surface area (Å²) in [5.74, 6) is -0.154. The number of hydrogen-bond acceptors (Lipinski definition) is 2. The zero-order valence-corrected chi connectivity index (χ0v) is 7.46. The number of aliphatic hydroxyl groups is 1. The molecule has 71 valence electrons. The van der Waals surface area contributed by atoms with Crippen LogP contribution >= 0.6 is 0 Å². The second-order valence-corrected chi connectivity index (χ2v) is 2.77. The molecule has 0 aromatic heterocycles. The zero-order chi connectivity index (χ0) is 9.84. The molecule has 0 fully saturated rings. The summed E-state index contributed by atoms with van der Waals surface area (Å²) in [6, 6.07) is 4.16. The van der Waals surface area contributed by atoms with Crippen LogP contribution in [0.2, 0.25) is 0 Å². The highest BCUT2D eigenvalue weighted by molar-refractivity contribution is 5.37. The van der Waals surface area contributed by atoms with Gasteiger partial charge in [-0.1, -0.05) is 0 Å². The van der Waals surface area contributed by atoms with E-state index in [1.807, 2.05) is 0 Å². The number of methoxy groups -OCH3 is 1. The first kappa shape index (κ1) is 9.99. The highest BCUT2D eigenvalue weighted by Gasteiger charge is 2.11. The molecule has 0 aliphatic rings. The van der Waals surface area contributed by atoms with Crippen LogP contribution in [0.25, 0.3) is 0 Å². The van der Waals surface area contributed by atoms with Crippen molar-refractivity contribution < 1.29 is 14.2 Å². The molecule has 1 N–H and O–H groups in total. The lowest BCUT2D eigenvalue weighted by atomic mass is 10.0. The maximum absolute atomic E-state index is 12.8. The molecule has 1 rings (SSSR count). The van der Waals surface area contributed by atoms with Crippen LogP contribution in [0.4, 0.5) is 4.39 Å². The maximum Gasteiger partial charge on any atom is 0.123 e. The van der Waals surface area contributed by atoms with Gasteiger partial charge in [-0.3, -0.25) is 0 Å². The van der Waals surface area contributed by atoms with E-state index in [-0.39, 0.29) is 18.3 Å². The van der Waals surface area contributed by atoms with Gasteiger partial charge in [0.05, 0.1) is 13.7 Å². The van der Waals surface area contributed by atoms with E-state index in [0.717, 1.165) is 0 Å². The van der Waals surface area contributed by atoms with Crippen LogP contribution in [0.5, 0.6) is 5.75 Å². The van der Waals surface area contributed by atoms with Crippen LogP contribution in [0.3, 0.4) is 0 Å². The Hall–Kier alpha value is -1.09. The molecule has 0 saturated carbocycles. The number of aliphatic hydroxyl groups excluding tert-OH is 1. The number of halogens is 1. The molecular weight excluding hydrogens is 171 g/mol. The lowest BCUT2D eigenvalue weighted by molar-refractivity contribution is 0.279. The number of ether oxygens (including phenoxy) is 1. The predicted molar refractivity (Wildman–Crippen MR) is 48.1 cm³/mol. The van der Waals surface area contributed by atoms with Gasteiger partial charge in [0.25, 0.3) is 0 Å². The Morgan fingerprint density at radius 3 is 2.85 bits per heavy atom. The van der Waals surface area contributed by atoms with Crippen molar-refractivity contribution in [2.45, 2.75) is 5.92 Å². The second-order valence-electron chi connectivity index (χ2n) is 2.77. The Morgan fingerprint density at radius 1 is 1.62 bits per heavy atom. The Labute approximate surface area is 77.0 Å². The lowest BCUT2D eigenvalue weighted by Gasteiger charge is -2.12. The molecule has 0 heterocycles. The molecule has 2 nitrogen and oxygen atoms in total. The molecule has 0 bridgehead atoms. The number of hydrogen-bond donors (Lipinski definition) is 1. The van der Waals surface area contributed by atoms with Crippen LogP contribution in [0.15, 0.2) is 18.2 Å². The van der Waals surface area contributed by atoms with E-state index in [4.69, 9.17) is 9.84 Å². The Kier molecular flexibility index (Phi) is 3.25. The summed E-state index contributed by atoms with van der Waals surface area (Å²) in [5, 5.41) is 8.86. The van der Waals surface area contributed by atoms with Crippen LogP contribution in [0, 0.1) is 12.7 Å². The monoisotopic (exact) mass is 183 g/mol. The van der Waals surface area contributed by atoms with Crippen molar-refractivity contribution in [2.75, 3.05) is 13.7 Å². The lowest BCUT2D eigenvalue weighted by Crippen LogP contribution is -2.02. The molecular formula is C10H12FO2. The van der Waals surface area contributed by atoms with Crippen molar-refractivity contribution in [3.05, 3.63) is 36.5 Å². The summed E-state index contributed by atoms with van der Waals surface area (Å²) in [4.78, 5) is 0. The summed E-state index contributed by atoms with van der Waals surface area (Å²) in [5.41, 5.74) is 0.588. The standard InChI is InChI=1S/C10H12FO2/c1-7(6-12)9-5-8(11)3-4-10(9)13-2/h3-5,7,12H,1,6H2,2H3. The van der Waals surface area contributed by atoms with Crippen molar-refractivity contribution in [3.8, 4) is 5.75 Å². The molecule has 1 atom stereocenters. The van der Waals surface area contributed by atoms with Crippen LogP contribution in [0.1, 0.15) is 11.5 Å². The average Bonchev–Trinajstić information content (AvgIpc) is 2.16. The molecule has 0 saturated heterocycles. The predicted octanol–water partition coefficient (Wildman–Crippen LogP) is 1.74. The van der Waals surface area contributed by atoms with Gasteiger partial charge in [-0.05, 0) is 25.1 Å². The smallest absolute Gasteiger partial charge is 0.123 e. The quantitative estimate of drug-likeness (QED) is 0.773. The summed E-state index contributed by atoms with van der Waals surface area (Å²) < 4.78 is 17.8. The van der Waals surface area contributed by atoms with Crippen molar-refractivity contribution in [1.29, 1.82) is 0 Å². The van der Waals surface area contributed by atoms with E-state index >= 15 is 0 Å². The van der Waals surface area contributed by atoms with Crippen molar-refractivity contribution in [3.63, 3.8) is 0 Å². The Morgan fingerprint density at radius 2 is 2.31 bits per heavy atom. The summed E-state index contributed by atoms with van der Waals surface area (Å²) in [6.45, 7) is 3.55. The summed E-state index contributed by atoms with van der Waals surface area (Å²) in [6.07, 6.45) is 0. The summed E-state index contributed by atoms with van der Waals surface area (Å²) >= 11 is 0. The van der Waals surface area contributed by atoms with Gasteiger partial charge in [0.2, 0.25) is 0 Å². The van der Waals surface area contributed by atoms with Gasteiger partial charge in [0.15, 0.2) is 0 Å². The molecule has 13 heavy (non-hydrogen) atoms. The molecule has 0 spiro atoms. The van der Waals surface area contributed by atoms with Gasteiger partial charge in [-0.25, -0.2) is 4.39 Å². The van der Waals surface area contributed by atoms with Crippen LogP contribution in [-0.4, -0.2) is 18.8 Å². The van der Waals surface area contributed by atoms with Crippen LogP contribution < -0.4 is 4.74 Å². The van der Waals surface area contributed by atoms with Gasteiger partial charge < -0.3 is 9.84 Å². The van der Waals surface area contributed by atoms with E-state index in [0.29, 0.717) is 11.3 Å². The zero-order valence-electron chi connectivity index (χ0n) is 7.46. The third kappa shape index (κ3) is 2.18. The van der Waals surface area contributed by atoms with Gasteiger partial charge in [0.1, 0.15) is 11.6 Å². The molecule has 1 aromatic carbocycles. The van der Waals surface area contributed by atoms with Gasteiger partial charge in [0, 0.05) is 11.5 Å². The largest absolute Gasteiger partial charge is 0.496 e. The minimum Gasteiger partial charge on any atom is -0.496 e. The van der Waals surface area contributed by atoms with Gasteiger partial charge in [-0.2, -0.15) is 0 Å². The molecule has 3 heteroatoms. The Bertz CT molecular complexity index is 286. The normalized spacial score (nSPS) is 12.6. The minimum absolute atomic E-state index is 0.125. The first-order valence-corrected chi connectivity index (χ1v) is 3.96. The molecule has 1 unspecified atom stereocenters. The summed E-state index contributed by atoms with van der Waals surface area (Å²) in [7, 11) is 1.50. The average molecular weight is 183 g/mol. The fourth-order valence-electron chi connectivity index (χ4n) is 1.12. The molecule has 0 aliphatic carbocycles. The maximum atomic E-state index is 12.8. The van der Waals surface area contributed by atoms with Gasteiger partial charge >= 0.3 is 0 Å². The van der Waals surface area contributed by atoms with E-state index in [2.05, 4.69) is 6.92 Å². The highest BCUT2D eigenvalue weighted by atomic mass is 19.1. The first-order chi connectivity index (χ1) is 6.19. The Balaban J connectivity index is 3.07. The van der Waals surface area contributed by atoms with E-state index in [9.17, 15) is 4.39 Å². The molecule has 0 amide bonds. The molecule has 1 aromatic rings. The first-order valence-electron chi connectivity index (χ1n) is 3.96.